The summed E-state index contributed by atoms with van der Waals surface area (Å²) in [6.07, 6.45) is 2.48. The molecule has 10 nitrogen and oxygen atoms in total. The predicted octanol–water partition coefficient (Wildman–Crippen LogP) is 4.71. The van der Waals surface area contributed by atoms with Gasteiger partial charge in [-0.3, -0.25) is 4.79 Å². The number of Topliss-reactive ketones (excluding diaryl/α,β-unsaturated/α-hetero) is 1. The van der Waals surface area contributed by atoms with E-state index in [1.54, 1.807) is 20.3 Å². The van der Waals surface area contributed by atoms with E-state index in [-0.39, 0.29) is 35.6 Å². The maximum Gasteiger partial charge on any atom is 0.251 e. The summed E-state index contributed by atoms with van der Waals surface area (Å²) in [4.78, 5) is 12.1. The molecule has 3 fully saturated rings. The highest BCUT2D eigenvalue weighted by Gasteiger charge is 2.67. The zero-order valence-corrected chi connectivity index (χ0v) is 26.0. The second-order valence-electron chi connectivity index (χ2n) is 10.4. The van der Waals surface area contributed by atoms with Gasteiger partial charge in [0.25, 0.3) is 5.79 Å². The number of aryl methyl sites for hydroxylation is 1. The first-order chi connectivity index (χ1) is 20.4. The number of rotatable bonds is 7. The molecule has 2 aromatic carbocycles. The number of aromatic hydroxyl groups is 2. The molecule has 0 aromatic heterocycles. The van der Waals surface area contributed by atoms with Crippen molar-refractivity contribution < 1.29 is 48.2 Å². The molecule has 4 atom stereocenters. The van der Waals surface area contributed by atoms with Crippen LogP contribution in [0.4, 0.5) is 0 Å². The number of carbonyl (C=O) groups excluding carboxylic acids is 1. The Morgan fingerprint density at radius 3 is 2.50 bits per heavy atom. The smallest absolute Gasteiger partial charge is 0.251 e. The van der Waals surface area contributed by atoms with Crippen LogP contribution in [-0.4, -0.2) is 92.8 Å². The minimum Gasteiger partial charge on any atom is -0.507 e. The summed E-state index contributed by atoms with van der Waals surface area (Å²) in [5, 5.41) is 21.5. The van der Waals surface area contributed by atoms with E-state index in [9.17, 15) is 15.0 Å². The summed E-state index contributed by atoms with van der Waals surface area (Å²) < 4.78 is 40.1. The van der Waals surface area contributed by atoms with Gasteiger partial charge in [-0.2, -0.15) is 12.6 Å². The number of hydrogen-bond acceptors (Lipinski definition) is 11. The molecule has 3 saturated heterocycles. The van der Waals surface area contributed by atoms with Crippen molar-refractivity contribution in [3.05, 3.63) is 28.8 Å². The molecule has 11 heteroatoms. The molecule has 234 valence electrons. The number of ketones is 1. The minimum atomic E-state index is -0.995. The third-order valence-electron chi connectivity index (χ3n) is 7.76. The number of fused-ring (bicyclic) bond motifs is 4. The summed E-state index contributed by atoms with van der Waals surface area (Å²) in [5.41, 5.74) is 1.92. The van der Waals surface area contributed by atoms with Crippen molar-refractivity contribution in [2.24, 2.45) is 0 Å². The van der Waals surface area contributed by atoms with Crippen LogP contribution in [0.3, 0.4) is 0 Å². The van der Waals surface area contributed by atoms with E-state index in [0.717, 1.165) is 36.1 Å². The van der Waals surface area contributed by atoms with Gasteiger partial charge in [0.1, 0.15) is 35.6 Å². The molecule has 1 aliphatic carbocycles. The van der Waals surface area contributed by atoms with Gasteiger partial charge in [-0.25, -0.2) is 0 Å². The van der Waals surface area contributed by atoms with Crippen LogP contribution in [0, 0.1) is 6.92 Å². The number of phenolic OH excluding ortho intramolecular Hbond substituents is 2. The van der Waals surface area contributed by atoms with E-state index in [1.165, 1.54) is 0 Å². The van der Waals surface area contributed by atoms with Crippen LogP contribution in [-0.2, 0) is 34.8 Å². The molecule has 0 spiro atoms. The lowest BCUT2D eigenvalue weighted by molar-refractivity contribution is -0.350. The molecule has 0 saturated carbocycles. The Morgan fingerprint density at radius 1 is 1.10 bits per heavy atom. The topological polar surface area (TPSA) is 122 Å². The molecule has 0 amide bonds. The lowest BCUT2D eigenvalue weighted by atomic mass is 9.86. The minimum absolute atomic E-state index is 0.0306. The van der Waals surface area contributed by atoms with Crippen LogP contribution < -0.4 is 4.74 Å². The normalized spacial score (nSPS) is 26.7. The monoisotopic (exact) mass is 608 g/mol. The number of methoxy groups -OCH3 is 2. The standard InChI is InChI=1S/C16H16O4.C13H22O6S.C2H6/c1-8-6-10-14(12(18)7-8)15(19)13-9(16(10)20-2)4-3-5-11(13)17;1-14-11-10(15-6-3-7-20)9-8-18-13(11,19-9)12-16-4-2-5-17-12;1-2/h6-7,18-19H,3-5H2,1-2H3;9-12,20H,2-8H2,1H3;1-2H3. The van der Waals surface area contributed by atoms with Crippen LogP contribution in [0.25, 0.3) is 10.8 Å². The summed E-state index contributed by atoms with van der Waals surface area (Å²) in [7, 11) is 3.18. The molecule has 2 aromatic rings. The van der Waals surface area contributed by atoms with E-state index in [4.69, 9.17) is 33.2 Å². The van der Waals surface area contributed by atoms with Gasteiger partial charge >= 0.3 is 0 Å². The fourth-order valence-electron chi connectivity index (χ4n) is 6.07. The van der Waals surface area contributed by atoms with Crippen LogP contribution in [0.1, 0.15) is 61.0 Å². The number of phenols is 2. The molecule has 3 heterocycles. The summed E-state index contributed by atoms with van der Waals surface area (Å²) >= 11 is 4.19. The Labute approximate surface area is 252 Å². The van der Waals surface area contributed by atoms with Crippen molar-refractivity contribution in [2.45, 2.75) is 83.3 Å². The van der Waals surface area contributed by atoms with E-state index in [1.807, 2.05) is 26.8 Å². The molecule has 4 unspecified atom stereocenters. The molecule has 0 radical (unpaired) electrons. The van der Waals surface area contributed by atoms with Gasteiger partial charge in [-0.1, -0.05) is 13.8 Å². The number of ether oxygens (including phenoxy) is 7. The Hall–Kier alpha value is -2.12. The third kappa shape index (κ3) is 6.10. The van der Waals surface area contributed by atoms with E-state index in [2.05, 4.69) is 12.6 Å². The first kappa shape index (κ1) is 32.8. The zero-order valence-electron chi connectivity index (χ0n) is 25.1. The molecule has 4 aliphatic rings. The van der Waals surface area contributed by atoms with Gasteiger partial charge in [0, 0.05) is 31.1 Å². The quantitative estimate of drug-likeness (QED) is 0.301. The average molecular weight is 609 g/mol. The lowest BCUT2D eigenvalue weighted by Crippen LogP contribution is -2.59. The Kier molecular flexibility index (Phi) is 11.4. The fraction of sp³-hybridized carbons (Fsp3) is 0.645. The molecule has 3 aliphatic heterocycles. The molecule has 2 N–H and O–H groups in total. The summed E-state index contributed by atoms with van der Waals surface area (Å²) in [6, 6.07) is 3.42. The van der Waals surface area contributed by atoms with Crippen molar-refractivity contribution in [1.29, 1.82) is 0 Å². The van der Waals surface area contributed by atoms with Crippen LogP contribution in [0.5, 0.6) is 17.2 Å². The maximum absolute atomic E-state index is 12.1. The van der Waals surface area contributed by atoms with Gasteiger partial charge in [0.05, 0.1) is 37.9 Å². The van der Waals surface area contributed by atoms with Crippen molar-refractivity contribution in [2.75, 3.05) is 46.4 Å². The van der Waals surface area contributed by atoms with Crippen molar-refractivity contribution in [1.82, 2.24) is 0 Å². The second-order valence-corrected chi connectivity index (χ2v) is 10.9. The average Bonchev–Trinajstić information content (AvgIpc) is 3.57. The molecular weight excluding hydrogens is 564 g/mol. The fourth-order valence-corrected chi connectivity index (χ4v) is 6.20. The number of benzene rings is 2. The number of thiol groups is 1. The van der Waals surface area contributed by atoms with Gasteiger partial charge < -0.3 is 43.4 Å². The first-order valence-corrected chi connectivity index (χ1v) is 15.4. The lowest BCUT2D eigenvalue weighted by Gasteiger charge is -2.40. The summed E-state index contributed by atoms with van der Waals surface area (Å²) in [5.74, 6) is 0.136. The molecule has 42 heavy (non-hydrogen) atoms. The van der Waals surface area contributed by atoms with E-state index >= 15 is 0 Å². The van der Waals surface area contributed by atoms with Gasteiger partial charge in [0.2, 0.25) is 6.29 Å². The van der Waals surface area contributed by atoms with Crippen molar-refractivity contribution in [3.8, 4) is 17.2 Å². The van der Waals surface area contributed by atoms with Gasteiger partial charge in [-0.15, -0.1) is 0 Å². The highest BCUT2D eigenvalue weighted by molar-refractivity contribution is 7.80. The molecular formula is C31H44O10S. The number of carbonyl (C=O) groups is 1. The van der Waals surface area contributed by atoms with Crippen LogP contribution >= 0.6 is 12.6 Å². The van der Waals surface area contributed by atoms with E-state index in [0.29, 0.717) is 61.4 Å². The Morgan fingerprint density at radius 2 is 1.83 bits per heavy atom. The zero-order chi connectivity index (χ0) is 30.4. The largest absolute Gasteiger partial charge is 0.507 e. The van der Waals surface area contributed by atoms with Gasteiger partial charge in [-0.05, 0) is 56.1 Å². The summed E-state index contributed by atoms with van der Waals surface area (Å²) in [6.45, 7) is 8.27. The molecule has 2 bridgehead atoms. The maximum atomic E-state index is 12.1. The predicted molar refractivity (Wildman–Crippen MR) is 160 cm³/mol. The van der Waals surface area contributed by atoms with Gasteiger partial charge in [0.15, 0.2) is 5.78 Å². The second kappa shape index (κ2) is 14.6. The van der Waals surface area contributed by atoms with Crippen molar-refractivity contribution in [3.63, 3.8) is 0 Å². The third-order valence-corrected chi connectivity index (χ3v) is 8.08. The van der Waals surface area contributed by atoms with E-state index < -0.39 is 12.1 Å². The molecule has 6 rings (SSSR count). The number of hydrogen-bond donors (Lipinski definition) is 3. The first-order valence-electron chi connectivity index (χ1n) is 14.7. The highest BCUT2D eigenvalue weighted by Crippen LogP contribution is 2.47. The SMILES string of the molecule is CC.COC1C(OCCCS)C2COC1(C1OCCCO1)O2.COc1c2c(c(O)c3c(O)cc(C)cc13)C(=O)CCC2. The van der Waals surface area contributed by atoms with Crippen LogP contribution in [0.2, 0.25) is 0 Å². The Bertz CT molecular complexity index is 1230. The van der Waals surface area contributed by atoms with Crippen LogP contribution in [0.15, 0.2) is 12.1 Å². The van der Waals surface area contributed by atoms with Crippen molar-refractivity contribution >= 4 is 29.2 Å². The Balaban J connectivity index is 0.000000182. The highest BCUT2D eigenvalue weighted by atomic mass is 32.1.